The van der Waals surface area contributed by atoms with E-state index in [9.17, 15) is 9.18 Å². The number of nitrogens with one attached hydrogen (secondary N) is 1. The average Bonchev–Trinajstić information content (AvgIpc) is 2.89. The first kappa shape index (κ1) is 24.6. The molecule has 0 aliphatic heterocycles. The van der Waals surface area contributed by atoms with E-state index in [0.717, 1.165) is 11.3 Å². The van der Waals surface area contributed by atoms with Crippen LogP contribution < -0.4 is 11.1 Å². The van der Waals surface area contributed by atoms with Gasteiger partial charge < -0.3 is 20.4 Å². The van der Waals surface area contributed by atoms with Gasteiger partial charge in [0.1, 0.15) is 17.2 Å². The largest absolute Gasteiger partial charge is 0.378 e. The summed E-state index contributed by atoms with van der Waals surface area (Å²) in [5, 5.41) is 2.93. The molecule has 2 aromatic rings. The van der Waals surface area contributed by atoms with Gasteiger partial charge >= 0.3 is 0 Å². The predicted molar refractivity (Wildman–Crippen MR) is 113 cm³/mol. The Labute approximate surface area is 177 Å². The Balaban J connectivity index is 0.00000196. The SMILES string of the molecule is CCOC1CC(N)(C(=O)NCCc2nc3cc(F)ccc3n2C)C1(C)C.Cl.Cl. The molecular weight excluding hydrogens is 406 g/mol. The third-order valence-corrected chi connectivity index (χ3v) is 5.80. The van der Waals surface area contributed by atoms with Crippen molar-refractivity contribution in [2.75, 3.05) is 13.2 Å². The summed E-state index contributed by atoms with van der Waals surface area (Å²) in [5.74, 6) is 0.317. The van der Waals surface area contributed by atoms with Crippen molar-refractivity contribution in [2.45, 2.75) is 45.3 Å². The number of carbonyl (C=O) groups excluding carboxylic acids is 1. The molecule has 2 atom stereocenters. The molecule has 1 fully saturated rings. The number of nitrogens with two attached hydrogens (primary N) is 1. The zero-order valence-electron chi connectivity index (χ0n) is 16.6. The highest BCUT2D eigenvalue weighted by molar-refractivity contribution is 5.88. The van der Waals surface area contributed by atoms with Gasteiger partial charge in [0, 0.05) is 44.5 Å². The zero-order chi connectivity index (χ0) is 19.1. The van der Waals surface area contributed by atoms with Gasteiger partial charge in [0.15, 0.2) is 0 Å². The number of carbonyl (C=O) groups is 1. The average molecular weight is 435 g/mol. The van der Waals surface area contributed by atoms with E-state index in [4.69, 9.17) is 10.5 Å². The number of halogens is 3. The van der Waals surface area contributed by atoms with Gasteiger partial charge in [-0.2, -0.15) is 0 Å². The Kier molecular flexibility index (Phi) is 7.87. The molecule has 9 heteroatoms. The van der Waals surface area contributed by atoms with Crippen LogP contribution in [0.2, 0.25) is 0 Å². The molecule has 0 saturated heterocycles. The summed E-state index contributed by atoms with van der Waals surface area (Å²) in [6.45, 7) is 6.91. The topological polar surface area (TPSA) is 82.2 Å². The van der Waals surface area contributed by atoms with Crippen molar-refractivity contribution in [3.8, 4) is 0 Å². The highest BCUT2D eigenvalue weighted by atomic mass is 35.5. The number of nitrogens with zero attached hydrogens (tertiary/aromatic N) is 2. The predicted octanol–water partition coefficient (Wildman–Crippen LogP) is 2.75. The zero-order valence-corrected chi connectivity index (χ0v) is 18.3. The second-order valence-electron chi connectivity index (χ2n) is 7.57. The number of ether oxygens (including phenoxy) is 1. The molecule has 3 rings (SSSR count). The normalized spacial score (nSPS) is 22.7. The maximum atomic E-state index is 13.3. The number of amides is 1. The van der Waals surface area contributed by atoms with E-state index < -0.39 is 11.0 Å². The fourth-order valence-electron chi connectivity index (χ4n) is 3.71. The van der Waals surface area contributed by atoms with Crippen molar-refractivity contribution in [2.24, 2.45) is 18.2 Å². The molecule has 1 heterocycles. The van der Waals surface area contributed by atoms with E-state index >= 15 is 0 Å². The van der Waals surface area contributed by atoms with Crippen molar-refractivity contribution in [3.63, 3.8) is 0 Å². The Morgan fingerprint density at radius 2 is 2.11 bits per heavy atom. The van der Waals surface area contributed by atoms with Crippen LogP contribution in [0.15, 0.2) is 18.2 Å². The Morgan fingerprint density at radius 1 is 1.43 bits per heavy atom. The van der Waals surface area contributed by atoms with E-state index in [0.29, 0.717) is 31.5 Å². The van der Waals surface area contributed by atoms with Crippen LogP contribution in [0.5, 0.6) is 0 Å². The molecule has 3 N–H and O–H groups in total. The summed E-state index contributed by atoms with van der Waals surface area (Å²) in [6, 6.07) is 4.54. The molecule has 0 bridgehead atoms. The van der Waals surface area contributed by atoms with Crippen LogP contribution in [0.1, 0.15) is 33.0 Å². The van der Waals surface area contributed by atoms with E-state index in [1.54, 1.807) is 6.07 Å². The van der Waals surface area contributed by atoms with Crippen LogP contribution in [0, 0.1) is 11.2 Å². The van der Waals surface area contributed by atoms with Crippen molar-refractivity contribution < 1.29 is 13.9 Å². The molecule has 1 aliphatic rings. The molecule has 1 aliphatic carbocycles. The number of aromatic nitrogens is 2. The second kappa shape index (κ2) is 8.95. The van der Waals surface area contributed by atoms with Crippen molar-refractivity contribution in [3.05, 3.63) is 29.8 Å². The number of aryl methyl sites for hydroxylation is 1. The second-order valence-corrected chi connectivity index (χ2v) is 7.57. The third kappa shape index (κ3) is 3.99. The Morgan fingerprint density at radius 3 is 2.71 bits per heavy atom. The van der Waals surface area contributed by atoms with Crippen LogP contribution in [0.25, 0.3) is 11.0 Å². The van der Waals surface area contributed by atoms with Gasteiger partial charge in [-0.25, -0.2) is 9.37 Å². The third-order valence-electron chi connectivity index (χ3n) is 5.80. The lowest BCUT2D eigenvalue weighted by molar-refractivity contribution is -0.170. The molecule has 158 valence electrons. The maximum Gasteiger partial charge on any atom is 0.240 e. The Hall–Kier alpha value is -1.41. The van der Waals surface area contributed by atoms with Crippen LogP contribution in [0.4, 0.5) is 4.39 Å². The standard InChI is InChI=1S/C19H27FN4O2.2ClH/c1-5-26-15-11-19(21,18(15,2)3)17(25)22-9-8-16-23-13-10-12(20)6-7-14(13)24(16)4;;/h6-7,10,15H,5,8-9,11,21H2,1-4H3,(H,22,25);2*1H. The lowest BCUT2D eigenvalue weighted by Crippen LogP contribution is -2.75. The van der Waals surface area contributed by atoms with E-state index in [-0.39, 0.29) is 42.6 Å². The summed E-state index contributed by atoms with van der Waals surface area (Å²) >= 11 is 0. The first-order valence-corrected chi connectivity index (χ1v) is 9.00. The molecular formula is C19H29Cl2FN4O2. The smallest absolute Gasteiger partial charge is 0.240 e. The molecule has 1 amide bonds. The minimum atomic E-state index is -0.928. The summed E-state index contributed by atoms with van der Waals surface area (Å²) in [7, 11) is 1.89. The van der Waals surface area contributed by atoms with Crippen LogP contribution in [-0.2, 0) is 23.0 Å². The highest BCUT2D eigenvalue weighted by Crippen LogP contribution is 2.49. The number of rotatable bonds is 6. The number of hydrogen-bond donors (Lipinski definition) is 2. The molecule has 28 heavy (non-hydrogen) atoms. The minimum Gasteiger partial charge on any atom is -0.378 e. The van der Waals surface area contributed by atoms with E-state index in [1.165, 1.54) is 12.1 Å². The van der Waals surface area contributed by atoms with E-state index in [2.05, 4.69) is 10.3 Å². The van der Waals surface area contributed by atoms with Gasteiger partial charge in [-0.3, -0.25) is 4.79 Å². The molecule has 0 spiro atoms. The first-order chi connectivity index (χ1) is 12.2. The maximum absolute atomic E-state index is 13.3. The van der Waals surface area contributed by atoms with Crippen LogP contribution in [-0.4, -0.2) is 40.3 Å². The fourth-order valence-corrected chi connectivity index (χ4v) is 3.71. The molecule has 1 aromatic carbocycles. The van der Waals surface area contributed by atoms with Gasteiger partial charge in [-0.05, 0) is 19.1 Å². The van der Waals surface area contributed by atoms with Gasteiger partial charge in [0.2, 0.25) is 5.91 Å². The summed E-state index contributed by atoms with van der Waals surface area (Å²) in [6.07, 6.45) is 1.06. The number of imidazole rings is 1. The quantitative estimate of drug-likeness (QED) is 0.731. The van der Waals surface area contributed by atoms with Crippen LogP contribution in [0.3, 0.4) is 0 Å². The number of hydrogen-bond acceptors (Lipinski definition) is 4. The van der Waals surface area contributed by atoms with Gasteiger partial charge in [-0.15, -0.1) is 24.8 Å². The minimum absolute atomic E-state index is 0. The molecule has 1 saturated carbocycles. The molecule has 1 aromatic heterocycles. The van der Waals surface area contributed by atoms with Crippen molar-refractivity contribution >= 4 is 41.8 Å². The fraction of sp³-hybridized carbons (Fsp3) is 0.579. The molecule has 2 unspecified atom stereocenters. The summed E-state index contributed by atoms with van der Waals surface area (Å²) < 4.78 is 20.9. The summed E-state index contributed by atoms with van der Waals surface area (Å²) in [4.78, 5) is 17.1. The number of benzene rings is 1. The number of fused-ring (bicyclic) bond motifs is 1. The van der Waals surface area contributed by atoms with E-state index in [1.807, 2.05) is 32.4 Å². The monoisotopic (exact) mass is 434 g/mol. The van der Waals surface area contributed by atoms with Gasteiger partial charge in [-0.1, -0.05) is 13.8 Å². The summed E-state index contributed by atoms with van der Waals surface area (Å²) in [5.41, 5.74) is 6.51. The lowest BCUT2D eigenvalue weighted by atomic mass is 9.54. The molecule has 6 nitrogen and oxygen atoms in total. The molecule has 0 radical (unpaired) electrons. The van der Waals surface area contributed by atoms with Gasteiger partial charge in [0.05, 0.1) is 17.1 Å². The lowest BCUT2D eigenvalue weighted by Gasteiger charge is -2.57. The Bertz CT molecular complexity index is 843. The van der Waals surface area contributed by atoms with Crippen LogP contribution >= 0.6 is 24.8 Å². The van der Waals surface area contributed by atoms with Crippen molar-refractivity contribution in [1.82, 2.24) is 14.9 Å². The first-order valence-electron chi connectivity index (χ1n) is 9.00. The highest BCUT2D eigenvalue weighted by Gasteiger charge is 2.62. The van der Waals surface area contributed by atoms with Crippen molar-refractivity contribution in [1.29, 1.82) is 0 Å². The van der Waals surface area contributed by atoms with Gasteiger partial charge in [0.25, 0.3) is 0 Å².